The second kappa shape index (κ2) is 9.14. The normalized spacial score (nSPS) is 16.2. The number of esters is 1. The first-order valence-electron chi connectivity index (χ1n) is 8.89. The zero-order valence-electron chi connectivity index (χ0n) is 15.2. The fourth-order valence-corrected chi connectivity index (χ4v) is 3.96. The van der Waals surface area contributed by atoms with Crippen LogP contribution in [-0.4, -0.2) is 50.0 Å². The third kappa shape index (κ3) is 5.54. The molecule has 0 bridgehead atoms. The van der Waals surface area contributed by atoms with E-state index in [0.29, 0.717) is 31.6 Å². The first-order valence-corrected chi connectivity index (χ1v) is 10.5. The molecule has 1 fully saturated rings. The molecule has 1 amide bonds. The zero-order chi connectivity index (χ0) is 19.2. The van der Waals surface area contributed by atoms with Gasteiger partial charge < -0.3 is 10.1 Å². The Bertz CT molecular complexity index is 722. The van der Waals surface area contributed by atoms with Crippen LogP contribution in [0.1, 0.15) is 32.3 Å². The standard InChI is InChI=1S/C18H26N2O5S/c1-3-14-5-7-16(8-6-14)19-17(21)13-25-18(22)15-9-11-20(12-10-15)26(23,24)4-2/h5-8,15H,3-4,9-13H2,1-2H3,(H,19,21). The Morgan fingerprint density at radius 3 is 2.31 bits per heavy atom. The van der Waals surface area contributed by atoms with Gasteiger partial charge in [0.1, 0.15) is 0 Å². The number of sulfonamides is 1. The fraction of sp³-hybridized carbons (Fsp3) is 0.556. The number of ether oxygens (including phenoxy) is 1. The minimum Gasteiger partial charge on any atom is -0.455 e. The average Bonchev–Trinajstić information content (AvgIpc) is 2.66. The number of anilines is 1. The molecule has 0 unspecified atom stereocenters. The molecule has 8 heteroatoms. The Morgan fingerprint density at radius 1 is 1.15 bits per heavy atom. The summed E-state index contributed by atoms with van der Waals surface area (Å²) in [5.41, 5.74) is 1.83. The van der Waals surface area contributed by atoms with Gasteiger partial charge in [-0.15, -0.1) is 0 Å². The van der Waals surface area contributed by atoms with E-state index in [1.54, 1.807) is 6.92 Å². The topological polar surface area (TPSA) is 92.8 Å². The summed E-state index contributed by atoms with van der Waals surface area (Å²) in [5.74, 6) is -1.15. The van der Waals surface area contributed by atoms with Crippen molar-refractivity contribution in [1.29, 1.82) is 0 Å². The molecule has 1 aromatic carbocycles. The van der Waals surface area contributed by atoms with Gasteiger partial charge in [0, 0.05) is 18.8 Å². The van der Waals surface area contributed by atoms with Crippen LogP contribution >= 0.6 is 0 Å². The monoisotopic (exact) mass is 382 g/mol. The van der Waals surface area contributed by atoms with Gasteiger partial charge in [0.25, 0.3) is 5.91 Å². The van der Waals surface area contributed by atoms with Gasteiger partial charge in [-0.1, -0.05) is 19.1 Å². The van der Waals surface area contributed by atoms with Crippen molar-refractivity contribution < 1.29 is 22.7 Å². The summed E-state index contributed by atoms with van der Waals surface area (Å²) in [7, 11) is -3.22. The van der Waals surface area contributed by atoms with E-state index in [0.717, 1.165) is 6.42 Å². The number of nitrogens with one attached hydrogen (secondary N) is 1. The van der Waals surface area contributed by atoms with E-state index in [2.05, 4.69) is 12.2 Å². The molecule has 0 radical (unpaired) electrons. The summed E-state index contributed by atoms with van der Waals surface area (Å²) in [5, 5.41) is 2.68. The molecular weight excluding hydrogens is 356 g/mol. The maximum Gasteiger partial charge on any atom is 0.309 e. The van der Waals surface area contributed by atoms with Crippen LogP contribution < -0.4 is 5.32 Å². The average molecular weight is 382 g/mol. The number of hydrogen-bond acceptors (Lipinski definition) is 5. The van der Waals surface area contributed by atoms with Crippen molar-refractivity contribution in [3.63, 3.8) is 0 Å². The lowest BCUT2D eigenvalue weighted by Gasteiger charge is -2.29. The summed E-state index contributed by atoms with van der Waals surface area (Å²) < 4.78 is 30.1. The molecule has 0 aromatic heterocycles. The largest absolute Gasteiger partial charge is 0.455 e. The van der Waals surface area contributed by atoms with Gasteiger partial charge in [-0.05, 0) is 43.9 Å². The van der Waals surface area contributed by atoms with E-state index < -0.39 is 21.9 Å². The number of aryl methyl sites for hydroxylation is 1. The van der Waals surface area contributed by atoms with Gasteiger partial charge in [-0.3, -0.25) is 9.59 Å². The molecule has 1 aliphatic rings. The number of carbonyl (C=O) groups excluding carboxylic acids is 2. The number of nitrogens with zero attached hydrogens (tertiary/aromatic N) is 1. The van der Waals surface area contributed by atoms with Crippen molar-refractivity contribution in [2.24, 2.45) is 5.92 Å². The highest BCUT2D eigenvalue weighted by atomic mass is 32.2. The Labute approximate surface area is 154 Å². The molecule has 2 rings (SSSR count). The maximum atomic E-state index is 12.1. The van der Waals surface area contributed by atoms with Crippen LogP contribution in [0.25, 0.3) is 0 Å². The minimum absolute atomic E-state index is 0.0571. The molecule has 1 saturated heterocycles. The third-order valence-corrected chi connectivity index (χ3v) is 6.42. The van der Waals surface area contributed by atoms with Gasteiger partial charge in [0.2, 0.25) is 10.0 Å². The van der Waals surface area contributed by atoms with E-state index in [4.69, 9.17) is 4.74 Å². The molecule has 1 N–H and O–H groups in total. The molecule has 7 nitrogen and oxygen atoms in total. The van der Waals surface area contributed by atoms with Crippen LogP contribution in [0.2, 0.25) is 0 Å². The Balaban J connectivity index is 1.75. The molecule has 0 saturated carbocycles. The predicted molar refractivity (Wildman–Crippen MR) is 99.2 cm³/mol. The van der Waals surface area contributed by atoms with Crippen LogP contribution in [0.5, 0.6) is 0 Å². The van der Waals surface area contributed by atoms with Gasteiger partial charge in [0.05, 0.1) is 11.7 Å². The van der Waals surface area contributed by atoms with E-state index in [9.17, 15) is 18.0 Å². The van der Waals surface area contributed by atoms with Crippen LogP contribution in [0.4, 0.5) is 5.69 Å². The molecule has 0 aliphatic carbocycles. The van der Waals surface area contributed by atoms with Crippen molar-refractivity contribution in [2.75, 3.05) is 30.8 Å². The van der Waals surface area contributed by atoms with Gasteiger partial charge in [-0.25, -0.2) is 12.7 Å². The van der Waals surface area contributed by atoms with Crippen LogP contribution in [0, 0.1) is 5.92 Å². The summed E-state index contributed by atoms with van der Waals surface area (Å²) in [6.07, 6.45) is 1.75. The number of benzene rings is 1. The predicted octanol–water partition coefficient (Wildman–Crippen LogP) is 1.79. The number of hydrogen-bond donors (Lipinski definition) is 1. The van der Waals surface area contributed by atoms with E-state index in [-0.39, 0.29) is 18.3 Å². The second-order valence-electron chi connectivity index (χ2n) is 6.28. The maximum absolute atomic E-state index is 12.1. The summed E-state index contributed by atoms with van der Waals surface area (Å²) in [6, 6.07) is 7.48. The molecule has 0 atom stereocenters. The lowest BCUT2D eigenvalue weighted by Crippen LogP contribution is -2.41. The molecule has 1 heterocycles. The zero-order valence-corrected chi connectivity index (χ0v) is 16.0. The first-order chi connectivity index (χ1) is 12.4. The summed E-state index contributed by atoms with van der Waals surface area (Å²) >= 11 is 0. The number of amides is 1. The quantitative estimate of drug-likeness (QED) is 0.726. The lowest BCUT2D eigenvalue weighted by molar-refractivity contribution is -0.152. The molecule has 26 heavy (non-hydrogen) atoms. The smallest absolute Gasteiger partial charge is 0.309 e. The number of piperidine rings is 1. The SMILES string of the molecule is CCc1ccc(NC(=O)COC(=O)C2CCN(S(=O)(=O)CC)CC2)cc1. The molecule has 1 aromatic rings. The lowest BCUT2D eigenvalue weighted by atomic mass is 9.98. The van der Waals surface area contributed by atoms with E-state index >= 15 is 0 Å². The highest BCUT2D eigenvalue weighted by Crippen LogP contribution is 2.21. The van der Waals surface area contributed by atoms with Crippen LogP contribution in [0.15, 0.2) is 24.3 Å². The van der Waals surface area contributed by atoms with Gasteiger partial charge in [-0.2, -0.15) is 0 Å². The fourth-order valence-electron chi connectivity index (χ4n) is 2.83. The Morgan fingerprint density at radius 2 is 1.77 bits per heavy atom. The highest BCUT2D eigenvalue weighted by molar-refractivity contribution is 7.89. The van der Waals surface area contributed by atoms with Gasteiger partial charge >= 0.3 is 5.97 Å². The van der Waals surface area contributed by atoms with Crippen molar-refractivity contribution in [1.82, 2.24) is 4.31 Å². The summed E-state index contributed by atoms with van der Waals surface area (Å²) in [4.78, 5) is 24.0. The molecule has 144 valence electrons. The number of carbonyl (C=O) groups is 2. The van der Waals surface area contributed by atoms with Crippen LogP contribution in [0.3, 0.4) is 0 Å². The molecular formula is C18H26N2O5S. The van der Waals surface area contributed by atoms with E-state index in [1.165, 1.54) is 9.87 Å². The Hall–Kier alpha value is -1.93. The van der Waals surface area contributed by atoms with Crippen molar-refractivity contribution in [3.05, 3.63) is 29.8 Å². The Kier molecular flexibility index (Phi) is 7.16. The summed E-state index contributed by atoms with van der Waals surface area (Å²) in [6.45, 7) is 3.93. The molecule has 1 aliphatic heterocycles. The van der Waals surface area contributed by atoms with E-state index in [1.807, 2.05) is 24.3 Å². The van der Waals surface area contributed by atoms with Gasteiger partial charge in [0.15, 0.2) is 6.61 Å². The molecule has 0 spiro atoms. The second-order valence-corrected chi connectivity index (χ2v) is 8.54. The number of rotatable bonds is 7. The van der Waals surface area contributed by atoms with Crippen LogP contribution in [-0.2, 0) is 30.8 Å². The van der Waals surface area contributed by atoms with Crippen molar-refractivity contribution in [2.45, 2.75) is 33.1 Å². The first kappa shape index (κ1) is 20.4. The van der Waals surface area contributed by atoms with Crippen molar-refractivity contribution >= 4 is 27.6 Å². The minimum atomic E-state index is -3.22. The van der Waals surface area contributed by atoms with Crippen molar-refractivity contribution in [3.8, 4) is 0 Å². The highest BCUT2D eigenvalue weighted by Gasteiger charge is 2.31. The third-order valence-electron chi connectivity index (χ3n) is 4.54.